The van der Waals surface area contributed by atoms with E-state index in [2.05, 4.69) is 25.4 Å². The topological polar surface area (TPSA) is 82.3 Å². The van der Waals surface area contributed by atoms with Gasteiger partial charge in [0.15, 0.2) is 5.96 Å². The van der Waals surface area contributed by atoms with Crippen molar-refractivity contribution in [3.05, 3.63) is 24.2 Å². The molecule has 0 saturated carbocycles. The monoisotopic (exact) mass is 351 g/mol. The van der Waals surface area contributed by atoms with Crippen LogP contribution in [0.15, 0.2) is 27.8 Å². The Bertz CT molecular complexity index is 524. The maximum absolute atomic E-state index is 11.8. The number of rotatable bonds is 8. The minimum atomic E-state index is 0.0476. The van der Waals surface area contributed by atoms with Crippen LogP contribution in [-0.4, -0.2) is 88.2 Å². The summed E-state index contributed by atoms with van der Waals surface area (Å²) in [5.74, 6) is 1.91. The molecule has 0 radical (unpaired) electrons. The van der Waals surface area contributed by atoms with E-state index < -0.39 is 0 Å². The van der Waals surface area contributed by atoms with Gasteiger partial charge in [0.2, 0.25) is 5.91 Å². The highest BCUT2D eigenvalue weighted by Crippen LogP contribution is 2.03. The molecule has 0 unspecified atom stereocenters. The number of aliphatic imine (C=N–C) groups is 1. The van der Waals surface area contributed by atoms with Crippen LogP contribution in [0.2, 0.25) is 0 Å². The van der Waals surface area contributed by atoms with Crippen LogP contribution in [0, 0.1) is 0 Å². The van der Waals surface area contributed by atoms with E-state index in [1.807, 2.05) is 12.1 Å². The number of hydrogen-bond donors (Lipinski definition) is 2. The van der Waals surface area contributed by atoms with Crippen LogP contribution in [-0.2, 0) is 16.0 Å². The molecule has 1 fully saturated rings. The Hall–Kier alpha value is -2.06. The summed E-state index contributed by atoms with van der Waals surface area (Å²) in [6.07, 6.45) is 2.52. The molecule has 8 nitrogen and oxygen atoms in total. The maximum atomic E-state index is 11.8. The van der Waals surface area contributed by atoms with Crippen molar-refractivity contribution in [1.29, 1.82) is 0 Å². The van der Waals surface area contributed by atoms with E-state index in [1.165, 1.54) is 0 Å². The Balaban J connectivity index is 1.66. The second-order valence-corrected chi connectivity index (χ2v) is 5.91. The molecule has 0 bridgehead atoms. The normalized spacial score (nSPS) is 16.1. The number of hydrogen-bond acceptors (Lipinski definition) is 5. The molecule has 2 rings (SSSR count). The summed E-state index contributed by atoms with van der Waals surface area (Å²) in [6, 6.07) is 3.87. The van der Waals surface area contributed by atoms with Gasteiger partial charge in [-0.1, -0.05) is 0 Å². The van der Waals surface area contributed by atoms with Gasteiger partial charge in [-0.25, -0.2) is 0 Å². The first-order valence-corrected chi connectivity index (χ1v) is 8.69. The first-order valence-electron chi connectivity index (χ1n) is 8.69. The number of nitrogens with zero attached hydrogens (tertiary/aromatic N) is 3. The van der Waals surface area contributed by atoms with Gasteiger partial charge >= 0.3 is 0 Å². The van der Waals surface area contributed by atoms with Crippen molar-refractivity contribution in [2.45, 2.75) is 6.42 Å². The third kappa shape index (κ3) is 6.75. The van der Waals surface area contributed by atoms with Crippen molar-refractivity contribution in [1.82, 2.24) is 20.4 Å². The van der Waals surface area contributed by atoms with Crippen molar-refractivity contribution in [3.8, 4) is 0 Å². The molecule has 0 spiro atoms. The first-order chi connectivity index (χ1) is 12.2. The number of amides is 1. The highest BCUT2D eigenvalue weighted by Gasteiger charge is 2.20. The zero-order valence-electron chi connectivity index (χ0n) is 15.2. The van der Waals surface area contributed by atoms with Crippen LogP contribution in [0.4, 0.5) is 0 Å². The number of piperazine rings is 1. The van der Waals surface area contributed by atoms with Crippen LogP contribution < -0.4 is 10.6 Å². The van der Waals surface area contributed by atoms with Crippen molar-refractivity contribution in [3.63, 3.8) is 0 Å². The van der Waals surface area contributed by atoms with E-state index in [-0.39, 0.29) is 5.91 Å². The summed E-state index contributed by atoms with van der Waals surface area (Å²) < 4.78 is 10.3. The summed E-state index contributed by atoms with van der Waals surface area (Å²) in [5, 5.41) is 6.22. The molecule has 0 aromatic carbocycles. The number of furan rings is 1. The standard InChI is InChI=1S/C17H29N5O3/c1-18-17(20-6-5-15-4-3-12-25-15)22-10-8-21(9-11-22)14-16(23)19-7-13-24-2/h3-4,12H,5-11,13-14H2,1-2H3,(H,18,20)(H,19,23). The molecule has 2 heterocycles. The lowest BCUT2D eigenvalue weighted by atomic mass is 10.3. The van der Waals surface area contributed by atoms with Crippen molar-refractivity contribution < 1.29 is 13.9 Å². The second kappa shape index (κ2) is 10.7. The summed E-state index contributed by atoms with van der Waals surface area (Å²) in [7, 11) is 3.42. The Morgan fingerprint density at radius 3 is 2.72 bits per heavy atom. The molecule has 0 atom stereocenters. The van der Waals surface area contributed by atoms with Gasteiger partial charge in [-0.15, -0.1) is 0 Å². The van der Waals surface area contributed by atoms with Gasteiger partial charge in [0.1, 0.15) is 5.76 Å². The smallest absolute Gasteiger partial charge is 0.234 e. The highest BCUT2D eigenvalue weighted by molar-refractivity contribution is 5.80. The van der Waals surface area contributed by atoms with Crippen LogP contribution in [0.1, 0.15) is 5.76 Å². The van der Waals surface area contributed by atoms with Crippen molar-refractivity contribution in [2.75, 3.05) is 66.6 Å². The highest BCUT2D eigenvalue weighted by atomic mass is 16.5. The van der Waals surface area contributed by atoms with Gasteiger partial charge < -0.3 is 24.7 Å². The number of nitrogens with one attached hydrogen (secondary N) is 2. The lowest BCUT2D eigenvalue weighted by molar-refractivity contribution is -0.122. The molecule has 25 heavy (non-hydrogen) atoms. The summed E-state index contributed by atoms with van der Waals surface area (Å²) in [6.45, 7) is 5.70. The minimum absolute atomic E-state index is 0.0476. The Morgan fingerprint density at radius 1 is 1.28 bits per heavy atom. The molecule has 0 aliphatic carbocycles. The van der Waals surface area contributed by atoms with Crippen LogP contribution in [0.25, 0.3) is 0 Å². The maximum Gasteiger partial charge on any atom is 0.234 e. The molecule has 1 aromatic heterocycles. The lowest BCUT2D eigenvalue weighted by Crippen LogP contribution is -2.54. The average molecular weight is 351 g/mol. The van der Waals surface area contributed by atoms with Crippen LogP contribution in [0.3, 0.4) is 0 Å². The van der Waals surface area contributed by atoms with E-state index >= 15 is 0 Å². The van der Waals surface area contributed by atoms with Gasteiger partial charge in [-0.05, 0) is 12.1 Å². The van der Waals surface area contributed by atoms with E-state index in [0.29, 0.717) is 19.7 Å². The average Bonchev–Trinajstić information content (AvgIpc) is 3.13. The van der Waals surface area contributed by atoms with Gasteiger partial charge in [0, 0.05) is 59.8 Å². The number of carbonyl (C=O) groups excluding carboxylic acids is 1. The van der Waals surface area contributed by atoms with Gasteiger partial charge in [0.05, 0.1) is 19.4 Å². The van der Waals surface area contributed by atoms with Crippen LogP contribution in [0.5, 0.6) is 0 Å². The Kier molecular flexibility index (Phi) is 8.27. The predicted octanol–water partition coefficient (Wildman–Crippen LogP) is -0.222. The fourth-order valence-electron chi connectivity index (χ4n) is 2.75. The molecule has 1 aliphatic heterocycles. The Labute approximate surface area is 149 Å². The summed E-state index contributed by atoms with van der Waals surface area (Å²) >= 11 is 0. The number of guanidine groups is 1. The largest absolute Gasteiger partial charge is 0.469 e. The zero-order chi connectivity index (χ0) is 17.9. The van der Waals surface area contributed by atoms with Crippen molar-refractivity contribution >= 4 is 11.9 Å². The molecule has 140 valence electrons. The second-order valence-electron chi connectivity index (χ2n) is 5.91. The number of ether oxygens (including phenoxy) is 1. The van der Waals surface area contributed by atoms with E-state index in [4.69, 9.17) is 9.15 Å². The van der Waals surface area contributed by atoms with Crippen molar-refractivity contribution in [2.24, 2.45) is 4.99 Å². The Morgan fingerprint density at radius 2 is 2.08 bits per heavy atom. The molecule has 1 aliphatic rings. The third-order valence-corrected chi connectivity index (χ3v) is 4.11. The predicted molar refractivity (Wildman–Crippen MR) is 96.7 cm³/mol. The quantitative estimate of drug-likeness (QED) is 0.383. The summed E-state index contributed by atoms with van der Waals surface area (Å²) in [4.78, 5) is 20.6. The van der Waals surface area contributed by atoms with Crippen LogP contribution >= 0.6 is 0 Å². The van der Waals surface area contributed by atoms with E-state index in [0.717, 1.165) is 50.9 Å². The molecule has 1 aromatic rings. The lowest BCUT2D eigenvalue weighted by Gasteiger charge is -2.36. The van der Waals surface area contributed by atoms with Gasteiger partial charge in [-0.2, -0.15) is 0 Å². The fraction of sp³-hybridized carbons (Fsp3) is 0.647. The molecular formula is C17H29N5O3. The molecule has 8 heteroatoms. The molecule has 2 N–H and O–H groups in total. The molecule has 1 amide bonds. The number of carbonyl (C=O) groups is 1. The SMILES string of the molecule is CN=C(NCCc1ccco1)N1CCN(CC(=O)NCCOC)CC1. The number of methoxy groups -OCH3 is 1. The van der Waals surface area contributed by atoms with E-state index in [9.17, 15) is 4.79 Å². The first kappa shape index (κ1) is 19.3. The van der Waals surface area contributed by atoms with Gasteiger partial charge in [0.25, 0.3) is 0 Å². The molecular weight excluding hydrogens is 322 g/mol. The zero-order valence-corrected chi connectivity index (χ0v) is 15.2. The van der Waals surface area contributed by atoms with Gasteiger partial charge in [-0.3, -0.25) is 14.7 Å². The molecule has 1 saturated heterocycles. The summed E-state index contributed by atoms with van der Waals surface area (Å²) in [5.41, 5.74) is 0. The minimum Gasteiger partial charge on any atom is -0.469 e. The van der Waals surface area contributed by atoms with E-state index in [1.54, 1.807) is 20.4 Å². The fourth-order valence-corrected chi connectivity index (χ4v) is 2.75. The third-order valence-electron chi connectivity index (χ3n) is 4.11.